The van der Waals surface area contributed by atoms with Gasteiger partial charge in [0.1, 0.15) is 0 Å². The first kappa shape index (κ1) is 12.6. The molecule has 0 aromatic heterocycles. The molecule has 1 fully saturated rings. The zero-order valence-electron chi connectivity index (χ0n) is 11.3. The molecule has 0 aliphatic heterocycles. The number of nitrogens with zero attached hydrogens (tertiary/aromatic N) is 1. The number of hydrogen-bond donors (Lipinski definition) is 0. The Morgan fingerprint density at radius 1 is 0.941 bits per heavy atom. The van der Waals surface area contributed by atoms with E-state index in [4.69, 9.17) is 0 Å². The number of benzene rings is 1. The van der Waals surface area contributed by atoms with E-state index in [1.807, 2.05) is 0 Å². The van der Waals surface area contributed by atoms with Crippen LogP contribution < -0.4 is 0 Å². The maximum Gasteiger partial charge on any atom is 0.0460 e. The average molecular weight is 231 g/mol. The van der Waals surface area contributed by atoms with Gasteiger partial charge in [0.05, 0.1) is 0 Å². The normalized spacial score (nSPS) is 19.5. The molecule has 1 aliphatic rings. The van der Waals surface area contributed by atoms with Gasteiger partial charge in [-0.05, 0) is 31.5 Å². The predicted octanol–water partition coefficient (Wildman–Crippen LogP) is 4.19. The summed E-state index contributed by atoms with van der Waals surface area (Å²) in [7, 11) is 0. The topological polar surface area (TPSA) is 3.24 Å². The number of rotatable bonds is 4. The van der Waals surface area contributed by atoms with Crippen LogP contribution in [-0.4, -0.2) is 18.0 Å². The van der Waals surface area contributed by atoms with Crippen LogP contribution in [0.15, 0.2) is 30.3 Å². The van der Waals surface area contributed by atoms with E-state index in [1.165, 1.54) is 37.7 Å². The Balaban J connectivity index is 2.35. The summed E-state index contributed by atoms with van der Waals surface area (Å²) >= 11 is 0. The molecule has 0 spiro atoms. The first-order valence-corrected chi connectivity index (χ1v) is 7.14. The summed E-state index contributed by atoms with van der Waals surface area (Å²) in [6.45, 7) is 6.91. The fraction of sp³-hybridized carbons (Fsp3) is 0.625. The lowest BCUT2D eigenvalue weighted by Gasteiger charge is -2.46. The van der Waals surface area contributed by atoms with Crippen molar-refractivity contribution in [2.45, 2.75) is 51.5 Å². The highest BCUT2D eigenvalue weighted by Gasteiger charge is 2.37. The van der Waals surface area contributed by atoms with Crippen molar-refractivity contribution < 1.29 is 0 Å². The van der Waals surface area contributed by atoms with Crippen molar-refractivity contribution >= 4 is 0 Å². The first-order chi connectivity index (χ1) is 8.33. The van der Waals surface area contributed by atoms with Crippen molar-refractivity contribution in [2.75, 3.05) is 13.1 Å². The van der Waals surface area contributed by atoms with E-state index in [9.17, 15) is 0 Å². The van der Waals surface area contributed by atoms with Crippen molar-refractivity contribution in [1.29, 1.82) is 0 Å². The van der Waals surface area contributed by atoms with Crippen LogP contribution in [0.3, 0.4) is 0 Å². The molecule has 0 amide bonds. The van der Waals surface area contributed by atoms with E-state index in [0.29, 0.717) is 5.54 Å². The van der Waals surface area contributed by atoms with Gasteiger partial charge >= 0.3 is 0 Å². The minimum atomic E-state index is 0.322. The van der Waals surface area contributed by atoms with E-state index in [-0.39, 0.29) is 0 Å². The largest absolute Gasteiger partial charge is 0.294 e. The maximum atomic E-state index is 2.67. The third-order valence-electron chi connectivity index (χ3n) is 4.36. The summed E-state index contributed by atoms with van der Waals surface area (Å²) in [5.41, 5.74) is 1.85. The Morgan fingerprint density at radius 3 is 2.06 bits per heavy atom. The molecular formula is C16H25N. The summed E-state index contributed by atoms with van der Waals surface area (Å²) in [6, 6.07) is 11.2. The highest BCUT2D eigenvalue weighted by Crippen LogP contribution is 2.41. The van der Waals surface area contributed by atoms with Crippen LogP contribution in [0.2, 0.25) is 0 Å². The molecule has 0 unspecified atom stereocenters. The Morgan fingerprint density at radius 2 is 1.53 bits per heavy atom. The van der Waals surface area contributed by atoms with Gasteiger partial charge < -0.3 is 0 Å². The van der Waals surface area contributed by atoms with Crippen molar-refractivity contribution in [2.24, 2.45) is 0 Å². The van der Waals surface area contributed by atoms with Gasteiger partial charge in [0, 0.05) is 5.54 Å². The molecule has 0 atom stereocenters. The minimum absolute atomic E-state index is 0.322. The van der Waals surface area contributed by atoms with Crippen LogP contribution in [-0.2, 0) is 5.54 Å². The summed E-state index contributed by atoms with van der Waals surface area (Å²) in [5, 5.41) is 0. The average Bonchev–Trinajstić information content (AvgIpc) is 2.42. The van der Waals surface area contributed by atoms with Gasteiger partial charge in [0.25, 0.3) is 0 Å². The lowest BCUT2D eigenvalue weighted by Crippen LogP contribution is -2.47. The monoisotopic (exact) mass is 231 g/mol. The first-order valence-electron chi connectivity index (χ1n) is 7.14. The third kappa shape index (κ3) is 2.40. The summed E-state index contributed by atoms with van der Waals surface area (Å²) in [4.78, 5) is 2.67. The van der Waals surface area contributed by atoms with E-state index in [2.05, 4.69) is 49.1 Å². The van der Waals surface area contributed by atoms with Crippen molar-refractivity contribution in [1.82, 2.24) is 4.90 Å². The van der Waals surface area contributed by atoms with E-state index < -0.39 is 0 Å². The molecule has 1 aromatic carbocycles. The quantitative estimate of drug-likeness (QED) is 0.751. The smallest absolute Gasteiger partial charge is 0.0460 e. The van der Waals surface area contributed by atoms with Gasteiger partial charge in [0.2, 0.25) is 0 Å². The highest BCUT2D eigenvalue weighted by molar-refractivity contribution is 5.25. The zero-order valence-corrected chi connectivity index (χ0v) is 11.3. The highest BCUT2D eigenvalue weighted by atomic mass is 15.2. The van der Waals surface area contributed by atoms with Crippen LogP contribution in [0.1, 0.15) is 51.5 Å². The molecule has 2 rings (SSSR count). The molecule has 1 aromatic rings. The fourth-order valence-electron chi connectivity index (χ4n) is 3.50. The van der Waals surface area contributed by atoms with Crippen molar-refractivity contribution in [3.8, 4) is 0 Å². The van der Waals surface area contributed by atoms with E-state index in [0.717, 1.165) is 13.1 Å². The van der Waals surface area contributed by atoms with Crippen molar-refractivity contribution in [3.63, 3.8) is 0 Å². The Hall–Kier alpha value is -0.820. The van der Waals surface area contributed by atoms with Crippen LogP contribution in [0, 0.1) is 0 Å². The molecule has 0 heterocycles. The summed E-state index contributed by atoms with van der Waals surface area (Å²) in [5.74, 6) is 0. The van der Waals surface area contributed by atoms with Gasteiger partial charge in [-0.25, -0.2) is 0 Å². The van der Waals surface area contributed by atoms with Gasteiger partial charge in [0.15, 0.2) is 0 Å². The van der Waals surface area contributed by atoms with E-state index >= 15 is 0 Å². The molecule has 17 heavy (non-hydrogen) atoms. The minimum Gasteiger partial charge on any atom is -0.294 e. The molecule has 0 saturated heterocycles. The van der Waals surface area contributed by atoms with Crippen LogP contribution in [0.5, 0.6) is 0 Å². The van der Waals surface area contributed by atoms with Crippen molar-refractivity contribution in [3.05, 3.63) is 35.9 Å². The van der Waals surface area contributed by atoms with Crippen LogP contribution in [0.25, 0.3) is 0 Å². The molecule has 0 N–H and O–H groups in total. The molecule has 1 saturated carbocycles. The Labute approximate surface area is 106 Å². The van der Waals surface area contributed by atoms with Crippen LogP contribution in [0.4, 0.5) is 0 Å². The third-order valence-corrected chi connectivity index (χ3v) is 4.36. The Bertz CT molecular complexity index is 321. The SMILES string of the molecule is CCN(CC)C1(c2ccccc2)CCCCC1. The van der Waals surface area contributed by atoms with Gasteiger partial charge in [-0.1, -0.05) is 63.4 Å². The lowest BCUT2D eigenvalue weighted by atomic mass is 9.75. The standard InChI is InChI=1S/C16H25N/c1-3-17(4-2)16(13-9-6-10-14-16)15-11-7-5-8-12-15/h5,7-8,11-12H,3-4,6,9-10,13-14H2,1-2H3. The molecule has 0 radical (unpaired) electrons. The molecule has 94 valence electrons. The summed E-state index contributed by atoms with van der Waals surface area (Å²) in [6.07, 6.45) is 6.84. The maximum absolute atomic E-state index is 2.67. The molecular weight excluding hydrogens is 206 g/mol. The summed E-state index contributed by atoms with van der Waals surface area (Å²) < 4.78 is 0. The Kier molecular flexibility index (Phi) is 4.22. The van der Waals surface area contributed by atoms with Gasteiger partial charge in [-0.3, -0.25) is 4.90 Å². The second-order valence-corrected chi connectivity index (χ2v) is 5.13. The van der Waals surface area contributed by atoms with Gasteiger partial charge in [-0.15, -0.1) is 0 Å². The second kappa shape index (κ2) is 5.68. The predicted molar refractivity (Wildman–Crippen MR) is 74.1 cm³/mol. The molecule has 1 heteroatoms. The molecule has 0 bridgehead atoms. The fourth-order valence-corrected chi connectivity index (χ4v) is 3.50. The van der Waals surface area contributed by atoms with E-state index in [1.54, 1.807) is 0 Å². The molecule has 1 aliphatic carbocycles. The number of hydrogen-bond acceptors (Lipinski definition) is 1. The molecule has 1 nitrogen and oxygen atoms in total. The second-order valence-electron chi connectivity index (χ2n) is 5.13. The van der Waals surface area contributed by atoms with Gasteiger partial charge in [-0.2, -0.15) is 0 Å². The zero-order chi connectivity index (χ0) is 12.1. The lowest BCUT2D eigenvalue weighted by molar-refractivity contribution is 0.0567. The van der Waals surface area contributed by atoms with Crippen LogP contribution >= 0.6 is 0 Å².